The molecule has 0 aliphatic carbocycles. The van der Waals surface area contributed by atoms with E-state index in [4.69, 9.17) is 23.2 Å². The van der Waals surface area contributed by atoms with E-state index in [0.717, 1.165) is 0 Å². The van der Waals surface area contributed by atoms with Crippen LogP contribution in [-0.4, -0.2) is 11.4 Å². The van der Waals surface area contributed by atoms with Gasteiger partial charge in [-0.3, -0.25) is 4.79 Å². The maximum Gasteiger partial charge on any atom is 0.153 e. The fraction of sp³-hybridized carbons (Fsp3) is 0. The summed E-state index contributed by atoms with van der Waals surface area (Å²) in [7, 11) is 0. The highest BCUT2D eigenvalue weighted by Gasteiger charge is 2.01. The SMILES string of the molecule is O=Cc1cc(N=Nc2ccc(Cl)c(Cl)c2)ccc1O. The van der Waals surface area contributed by atoms with E-state index in [1.807, 2.05) is 0 Å². The molecule has 0 aliphatic rings. The van der Waals surface area contributed by atoms with Crippen LogP contribution in [0, 0.1) is 0 Å². The highest BCUT2D eigenvalue weighted by atomic mass is 35.5. The Morgan fingerprint density at radius 2 is 1.58 bits per heavy atom. The van der Waals surface area contributed by atoms with Crippen LogP contribution in [0.5, 0.6) is 5.75 Å². The lowest BCUT2D eigenvalue weighted by Gasteiger charge is -1.99. The van der Waals surface area contributed by atoms with Crippen LogP contribution in [0.3, 0.4) is 0 Å². The van der Waals surface area contributed by atoms with Crippen molar-refractivity contribution in [3.63, 3.8) is 0 Å². The quantitative estimate of drug-likeness (QED) is 0.644. The molecule has 0 radical (unpaired) electrons. The molecule has 96 valence electrons. The van der Waals surface area contributed by atoms with Gasteiger partial charge in [-0.15, -0.1) is 0 Å². The fourth-order valence-electron chi connectivity index (χ4n) is 1.36. The van der Waals surface area contributed by atoms with Crippen LogP contribution in [0.2, 0.25) is 10.0 Å². The van der Waals surface area contributed by atoms with Crippen LogP contribution in [0.4, 0.5) is 11.4 Å². The van der Waals surface area contributed by atoms with Gasteiger partial charge in [0, 0.05) is 0 Å². The Balaban J connectivity index is 2.27. The topological polar surface area (TPSA) is 62.0 Å². The van der Waals surface area contributed by atoms with Crippen molar-refractivity contribution in [2.75, 3.05) is 0 Å². The minimum atomic E-state index is -0.0940. The van der Waals surface area contributed by atoms with E-state index >= 15 is 0 Å². The molecule has 0 fully saturated rings. The van der Waals surface area contributed by atoms with Crippen LogP contribution < -0.4 is 0 Å². The molecule has 0 amide bonds. The molecule has 0 saturated heterocycles. The van der Waals surface area contributed by atoms with Crippen LogP contribution in [-0.2, 0) is 0 Å². The van der Waals surface area contributed by atoms with Crippen molar-refractivity contribution in [2.24, 2.45) is 10.2 Å². The Labute approximate surface area is 119 Å². The maximum atomic E-state index is 10.7. The lowest BCUT2D eigenvalue weighted by molar-refractivity contribution is 0.112. The van der Waals surface area contributed by atoms with Crippen molar-refractivity contribution in [3.05, 3.63) is 52.0 Å². The van der Waals surface area contributed by atoms with E-state index in [2.05, 4.69) is 10.2 Å². The summed E-state index contributed by atoms with van der Waals surface area (Å²) in [4.78, 5) is 10.7. The second-order valence-electron chi connectivity index (χ2n) is 3.66. The number of benzene rings is 2. The van der Waals surface area contributed by atoms with Gasteiger partial charge in [-0.05, 0) is 36.4 Å². The first-order valence-electron chi connectivity index (χ1n) is 5.25. The summed E-state index contributed by atoms with van der Waals surface area (Å²) in [5.74, 6) is -0.0940. The monoisotopic (exact) mass is 294 g/mol. The second-order valence-corrected chi connectivity index (χ2v) is 4.47. The summed E-state index contributed by atoms with van der Waals surface area (Å²) in [6.45, 7) is 0. The predicted octanol–water partition coefficient (Wildman–Crippen LogP) is 4.93. The zero-order chi connectivity index (χ0) is 13.8. The van der Waals surface area contributed by atoms with Crippen molar-refractivity contribution in [3.8, 4) is 5.75 Å². The molecule has 0 atom stereocenters. The lowest BCUT2D eigenvalue weighted by Crippen LogP contribution is -1.79. The van der Waals surface area contributed by atoms with Gasteiger partial charge in [0.05, 0.1) is 27.0 Å². The Bertz CT molecular complexity index is 657. The summed E-state index contributed by atoms with van der Waals surface area (Å²) >= 11 is 11.6. The molecule has 0 saturated carbocycles. The Morgan fingerprint density at radius 1 is 0.947 bits per heavy atom. The van der Waals surface area contributed by atoms with Crippen molar-refractivity contribution < 1.29 is 9.90 Å². The van der Waals surface area contributed by atoms with E-state index in [1.165, 1.54) is 12.1 Å². The molecule has 6 heteroatoms. The summed E-state index contributed by atoms with van der Waals surface area (Å²) in [5, 5.41) is 18.1. The number of hydrogen-bond acceptors (Lipinski definition) is 4. The third-order valence-electron chi connectivity index (χ3n) is 2.32. The Morgan fingerprint density at radius 3 is 2.21 bits per heavy atom. The number of hydrogen-bond donors (Lipinski definition) is 1. The molecular weight excluding hydrogens is 287 g/mol. The van der Waals surface area contributed by atoms with Crippen molar-refractivity contribution in [1.29, 1.82) is 0 Å². The van der Waals surface area contributed by atoms with Gasteiger partial charge in [-0.25, -0.2) is 0 Å². The smallest absolute Gasteiger partial charge is 0.153 e. The van der Waals surface area contributed by atoms with Gasteiger partial charge < -0.3 is 5.11 Å². The van der Waals surface area contributed by atoms with Crippen molar-refractivity contribution >= 4 is 40.9 Å². The number of phenolic OH excluding ortho intramolecular Hbond substituents is 1. The average Bonchev–Trinajstić information content (AvgIpc) is 2.41. The van der Waals surface area contributed by atoms with E-state index in [1.54, 1.807) is 24.3 Å². The summed E-state index contributed by atoms with van der Waals surface area (Å²) in [6, 6.07) is 9.22. The van der Waals surface area contributed by atoms with Gasteiger partial charge in [-0.1, -0.05) is 23.2 Å². The van der Waals surface area contributed by atoms with Crippen molar-refractivity contribution in [1.82, 2.24) is 0 Å². The molecular formula is C13H8Cl2N2O2. The Hall–Kier alpha value is -1.91. The lowest BCUT2D eigenvalue weighted by atomic mass is 10.2. The number of phenols is 1. The molecule has 1 N–H and O–H groups in total. The number of azo groups is 1. The molecule has 0 unspecified atom stereocenters. The largest absolute Gasteiger partial charge is 0.507 e. The molecule has 0 bridgehead atoms. The minimum Gasteiger partial charge on any atom is -0.507 e. The standard InChI is InChI=1S/C13H8Cl2N2O2/c14-11-3-1-10(6-12(11)15)17-16-9-2-4-13(19)8(5-9)7-18/h1-7,19H. The first kappa shape index (κ1) is 13.5. The number of aldehydes is 1. The molecule has 2 rings (SSSR count). The van der Waals surface area contributed by atoms with Gasteiger partial charge in [0.15, 0.2) is 6.29 Å². The number of carbonyl (C=O) groups excluding carboxylic acids is 1. The van der Waals surface area contributed by atoms with Gasteiger partial charge >= 0.3 is 0 Å². The third-order valence-corrected chi connectivity index (χ3v) is 3.06. The molecule has 0 aromatic heterocycles. The van der Waals surface area contributed by atoms with Gasteiger partial charge in [0.25, 0.3) is 0 Å². The molecule has 0 spiro atoms. The van der Waals surface area contributed by atoms with Gasteiger partial charge in [0.1, 0.15) is 5.75 Å². The highest BCUT2D eigenvalue weighted by molar-refractivity contribution is 6.42. The van der Waals surface area contributed by atoms with Gasteiger partial charge in [0.2, 0.25) is 0 Å². The summed E-state index contributed by atoms with van der Waals surface area (Å²) in [6.07, 6.45) is 0.549. The number of nitrogens with zero attached hydrogens (tertiary/aromatic N) is 2. The van der Waals surface area contributed by atoms with E-state index < -0.39 is 0 Å². The normalized spacial score (nSPS) is 10.8. The second kappa shape index (κ2) is 5.82. The first-order chi connectivity index (χ1) is 9.10. The number of aromatic hydroxyl groups is 1. The zero-order valence-corrected chi connectivity index (χ0v) is 11.1. The van der Waals surface area contributed by atoms with Crippen LogP contribution in [0.15, 0.2) is 46.6 Å². The maximum absolute atomic E-state index is 10.7. The third kappa shape index (κ3) is 3.30. The molecule has 4 nitrogen and oxygen atoms in total. The van der Waals surface area contributed by atoms with Crippen LogP contribution in [0.25, 0.3) is 0 Å². The first-order valence-corrected chi connectivity index (χ1v) is 6.01. The van der Waals surface area contributed by atoms with E-state index in [9.17, 15) is 9.90 Å². The number of carbonyl (C=O) groups is 1. The highest BCUT2D eigenvalue weighted by Crippen LogP contribution is 2.28. The number of halogens is 2. The fourth-order valence-corrected chi connectivity index (χ4v) is 1.65. The summed E-state index contributed by atoms with van der Waals surface area (Å²) < 4.78 is 0. The predicted molar refractivity (Wildman–Crippen MR) is 74.1 cm³/mol. The van der Waals surface area contributed by atoms with Crippen LogP contribution in [0.1, 0.15) is 10.4 Å². The minimum absolute atomic E-state index is 0.0940. The Kier molecular flexibility index (Phi) is 4.14. The molecule has 0 heterocycles. The van der Waals surface area contributed by atoms with E-state index in [-0.39, 0.29) is 11.3 Å². The summed E-state index contributed by atoms with van der Waals surface area (Å²) in [5.41, 5.74) is 1.15. The zero-order valence-electron chi connectivity index (χ0n) is 9.55. The van der Waals surface area contributed by atoms with Gasteiger partial charge in [-0.2, -0.15) is 10.2 Å². The van der Waals surface area contributed by atoms with Crippen molar-refractivity contribution in [2.45, 2.75) is 0 Å². The van der Waals surface area contributed by atoms with E-state index in [0.29, 0.717) is 27.7 Å². The molecule has 0 aliphatic heterocycles. The van der Waals surface area contributed by atoms with Crippen LogP contribution >= 0.6 is 23.2 Å². The molecule has 2 aromatic carbocycles. The average molecular weight is 295 g/mol. The number of rotatable bonds is 3. The molecule has 2 aromatic rings. The molecule has 19 heavy (non-hydrogen) atoms.